The van der Waals surface area contributed by atoms with E-state index < -0.39 is 6.04 Å². The van der Waals surface area contributed by atoms with E-state index in [2.05, 4.69) is 101 Å². The van der Waals surface area contributed by atoms with Gasteiger partial charge in [-0.3, -0.25) is 9.69 Å². The summed E-state index contributed by atoms with van der Waals surface area (Å²) in [6.45, 7) is 9.87. The monoisotopic (exact) mass is 526 g/mol. The normalized spacial score (nSPS) is 12.9. The highest BCUT2D eigenvalue weighted by Crippen LogP contribution is 2.32. The van der Waals surface area contributed by atoms with Gasteiger partial charge in [0.1, 0.15) is 6.04 Å². The zero-order valence-electron chi connectivity index (χ0n) is 22.4. The van der Waals surface area contributed by atoms with Crippen LogP contribution in [0.5, 0.6) is 0 Å². The summed E-state index contributed by atoms with van der Waals surface area (Å²) in [6.07, 6.45) is 1.69. The predicted molar refractivity (Wildman–Crippen MR) is 153 cm³/mol. The lowest BCUT2D eigenvalue weighted by Crippen LogP contribution is -2.39. The average Bonchev–Trinajstić information content (AvgIpc) is 3.61. The molecule has 0 unspecified atom stereocenters. The van der Waals surface area contributed by atoms with Gasteiger partial charge in [-0.1, -0.05) is 55.0 Å². The number of aromatic amines is 1. The molecule has 38 heavy (non-hydrogen) atoms. The molecule has 0 aliphatic rings. The topological polar surface area (TPSA) is 79.7 Å². The maximum atomic E-state index is 13.7. The number of benzene rings is 2. The zero-order valence-corrected chi connectivity index (χ0v) is 23.2. The molecule has 1 atom stereocenters. The van der Waals surface area contributed by atoms with Gasteiger partial charge in [0.25, 0.3) is 5.56 Å². The first kappa shape index (κ1) is 26.0. The van der Waals surface area contributed by atoms with Crippen molar-refractivity contribution < 1.29 is 0 Å². The van der Waals surface area contributed by atoms with Crippen molar-refractivity contribution in [2.24, 2.45) is 0 Å². The summed E-state index contributed by atoms with van der Waals surface area (Å²) < 4.78 is 1.90. The molecular formula is C30H34N6OS. The van der Waals surface area contributed by atoms with Gasteiger partial charge in [0, 0.05) is 29.0 Å². The SMILES string of the molecule is CCC(C)(C)n1nnnc1[C@H](c1cc2cc(C)ccc2[nH]c1=O)N(CCc1ccccc1)Cc1cccs1. The molecule has 5 aromatic rings. The first-order valence-corrected chi connectivity index (χ1v) is 14.0. The number of hydrogen-bond acceptors (Lipinski definition) is 6. The summed E-state index contributed by atoms with van der Waals surface area (Å²) in [5.41, 5.74) is 3.43. The number of pyridine rings is 1. The molecule has 196 valence electrons. The minimum atomic E-state index is -0.435. The summed E-state index contributed by atoms with van der Waals surface area (Å²) in [4.78, 5) is 20.4. The van der Waals surface area contributed by atoms with Crippen LogP contribution in [0, 0.1) is 6.92 Å². The molecule has 0 aliphatic carbocycles. The Morgan fingerprint density at radius 1 is 1.08 bits per heavy atom. The highest BCUT2D eigenvalue weighted by Gasteiger charge is 2.34. The Labute approximate surface area is 227 Å². The highest BCUT2D eigenvalue weighted by molar-refractivity contribution is 7.09. The summed E-state index contributed by atoms with van der Waals surface area (Å²) in [6, 6.07) is 22.4. The van der Waals surface area contributed by atoms with E-state index in [1.54, 1.807) is 11.3 Å². The van der Waals surface area contributed by atoms with E-state index in [1.807, 2.05) is 28.9 Å². The molecule has 0 aliphatic heterocycles. The number of aromatic nitrogens is 5. The van der Waals surface area contributed by atoms with Gasteiger partial charge in [0.05, 0.1) is 5.54 Å². The largest absolute Gasteiger partial charge is 0.322 e. The quantitative estimate of drug-likeness (QED) is 0.246. The molecule has 1 N–H and O–H groups in total. The van der Waals surface area contributed by atoms with Crippen LogP contribution in [0.3, 0.4) is 0 Å². The van der Waals surface area contributed by atoms with Crippen molar-refractivity contribution in [3.63, 3.8) is 0 Å². The van der Waals surface area contributed by atoms with Crippen LogP contribution in [0.15, 0.2) is 76.9 Å². The molecule has 3 heterocycles. The number of H-pyrrole nitrogens is 1. The molecule has 3 aromatic heterocycles. The molecule has 0 fully saturated rings. The van der Waals surface area contributed by atoms with E-state index in [1.165, 1.54) is 10.4 Å². The van der Waals surface area contributed by atoms with Crippen molar-refractivity contribution >= 4 is 22.2 Å². The summed E-state index contributed by atoms with van der Waals surface area (Å²) >= 11 is 1.72. The molecule has 2 aromatic carbocycles. The van der Waals surface area contributed by atoms with Gasteiger partial charge in [-0.25, -0.2) is 4.68 Å². The van der Waals surface area contributed by atoms with Crippen LogP contribution in [0.1, 0.15) is 60.6 Å². The van der Waals surface area contributed by atoms with Crippen LogP contribution < -0.4 is 5.56 Å². The molecule has 8 heteroatoms. The molecule has 0 amide bonds. The van der Waals surface area contributed by atoms with Gasteiger partial charge in [0.2, 0.25) is 0 Å². The van der Waals surface area contributed by atoms with Crippen molar-refractivity contribution in [3.05, 3.63) is 110 Å². The smallest absolute Gasteiger partial charge is 0.253 e. The van der Waals surface area contributed by atoms with Crippen LogP contribution >= 0.6 is 11.3 Å². The second kappa shape index (κ2) is 11.0. The van der Waals surface area contributed by atoms with Crippen molar-refractivity contribution in [1.29, 1.82) is 0 Å². The Balaban J connectivity index is 1.68. The van der Waals surface area contributed by atoms with Crippen LogP contribution in [-0.4, -0.2) is 36.6 Å². The fraction of sp³-hybridized carbons (Fsp3) is 0.333. The Hall–Kier alpha value is -3.62. The average molecular weight is 527 g/mol. The van der Waals surface area contributed by atoms with Gasteiger partial charge in [-0.05, 0) is 84.6 Å². The van der Waals surface area contributed by atoms with Gasteiger partial charge < -0.3 is 4.98 Å². The molecular weight excluding hydrogens is 492 g/mol. The maximum absolute atomic E-state index is 13.7. The molecule has 0 saturated heterocycles. The first-order valence-electron chi connectivity index (χ1n) is 13.1. The highest BCUT2D eigenvalue weighted by atomic mass is 32.1. The lowest BCUT2D eigenvalue weighted by molar-refractivity contribution is 0.191. The van der Waals surface area contributed by atoms with E-state index in [4.69, 9.17) is 0 Å². The predicted octanol–water partition coefficient (Wildman–Crippen LogP) is 5.86. The maximum Gasteiger partial charge on any atom is 0.253 e. The molecule has 0 spiro atoms. The van der Waals surface area contributed by atoms with Gasteiger partial charge in [0.15, 0.2) is 5.82 Å². The fourth-order valence-electron chi connectivity index (χ4n) is 4.81. The molecule has 7 nitrogen and oxygen atoms in total. The van der Waals surface area contributed by atoms with Gasteiger partial charge in [-0.2, -0.15) is 0 Å². The zero-order chi connectivity index (χ0) is 26.7. The van der Waals surface area contributed by atoms with Crippen molar-refractivity contribution in [2.75, 3.05) is 6.54 Å². The molecule has 0 saturated carbocycles. The number of fused-ring (bicyclic) bond motifs is 1. The molecule has 5 rings (SSSR count). The fourth-order valence-corrected chi connectivity index (χ4v) is 5.54. The van der Waals surface area contributed by atoms with Crippen molar-refractivity contribution in [2.45, 2.75) is 58.7 Å². The number of thiophene rings is 1. The minimum Gasteiger partial charge on any atom is -0.322 e. The molecule has 0 bridgehead atoms. The lowest BCUT2D eigenvalue weighted by atomic mass is 9.98. The second-order valence-corrected chi connectivity index (χ2v) is 11.5. The number of aryl methyl sites for hydroxylation is 1. The van der Waals surface area contributed by atoms with Crippen LogP contribution in [0.2, 0.25) is 0 Å². The third-order valence-electron chi connectivity index (χ3n) is 7.33. The van der Waals surface area contributed by atoms with Gasteiger partial charge in [-0.15, -0.1) is 16.4 Å². The Bertz CT molecular complexity index is 1550. The summed E-state index contributed by atoms with van der Waals surface area (Å²) in [7, 11) is 0. The summed E-state index contributed by atoms with van der Waals surface area (Å²) in [5, 5.41) is 16.2. The third-order valence-corrected chi connectivity index (χ3v) is 8.20. The number of tetrazole rings is 1. The van der Waals surface area contributed by atoms with E-state index >= 15 is 0 Å². The third kappa shape index (κ3) is 5.47. The standard InChI is InChI=1S/C30H34N6OS/c1-5-30(3,4)36-28(32-33-34-36)27(25-19-23-18-21(2)13-14-26(23)31-29(25)37)35(20-24-12-9-17-38-24)16-15-22-10-7-6-8-11-22/h6-14,17-19,27H,5,15-16,20H2,1-4H3,(H,31,37)/t27-/m0/s1. The Morgan fingerprint density at radius 3 is 2.63 bits per heavy atom. The number of nitrogens with zero attached hydrogens (tertiary/aromatic N) is 5. The minimum absolute atomic E-state index is 0.119. The van der Waals surface area contributed by atoms with E-state index in [-0.39, 0.29) is 11.1 Å². The van der Waals surface area contributed by atoms with Gasteiger partial charge >= 0.3 is 0 Å². The van der Waals surface area contributed by atoms with E-state index in [0.29, 0.717) is 17.9 Å². The number of rotatable bonds is 10. The molecule has 0 radical (unpaired) electrons. The van der Waals surface area contributed by atoms with Crippen LogP contribution in [0.4, 0.5) is 0 Å². The van der Waals surface area contributed by atoms with E-state index in [9.17, 15) is 4.79 Å². The first-order chi connectivity index (χ1) is 18.4. The summed E-state index contributed by atoms with van der Waals surface area (Å²) in [5.74, 6) is 0.680. The number of hydrogen-bond donors (Lipinski definition) is 1. The van der Waals surface area contributed by atoms with Crippen LogP contribution in [-0.2, 0) is 18.5 Å². The number of nitrogens with one attached hydrogen (secondary N) is 1. The van der Waals surface area contributed by atoms with E-state index in [0.717, 1.165) is 35.9 Å². The Kier molecular flexibility index (Phi) is 7.53. The van der Waals surface area contributed by atoms with Crippen LogP contribution in [0.25, 0.3) is 10.9 Å². The van der Waals surface area contributed by atoms with Crippen molar-refractivity contribution in [1.82, 2.24) is 30.1 Å². The van der Waals surface area contributed by atoms with Crippen molar-refractivity contribution in [3.8, 4) is 0 Å². The lowest BCUT2D eigenvalue weighted by Gasteiger charge is -2.33. The second-order valence-electron chi connectivity index (χ2n) is 10.4. The Morgan fingerprint density at radius 2 is 1.89 bits per heavy atom.